The van der Waals surface area contributed by atoms with Crippen molar-refractivity contribution >= 4 is 12.3 Å². The molecule has 0 heterocycles. The standard InChI is InChI=1S/C15H19NO3/c1-18-13-9-7-12(8-10-13)11-16-15(17)19-14-5-3-2-4-6-14/h7-11,14H,2-6H2,1H3/b16-11+. The predicted octanol–water partition coefficient (Wildman–Crippen LogP) is 3.58. The second kappa shape index (κ2) is 6.92. The number of nitrogens with zero attached hydrogens (tertiary/aromatic N) is 1. The van der Waals surface area contributed by atoms with Gasteiger partial charge < -0.3 is 9.47 Å². The first-order valence-electron chi connectivity index (χ1n) is 6.66. The Hall–Kier alpha value is -1.84. The van der Waals surface area contributed by atoms with Crippen molar-refractivity contribution in [1.29, 1.82) is 0 Å². The Kier molecular flexibility index (Phi) is 4.95. The highest BCUT2D eigenvalue weighted by atomic mass is 16.6. The molecule has 1 saturated carbocycles. The van der Waals surface area contributed by atoms with Gasteiger partial charge in [0.1, 0.15) is 11.9 Å². The largest absolute Gasteiger partial charge is 0.497 e. The van der Waals surface area contributed by atoms with Gasteiger partial charge in [-0.05, 0) is 55.5 Å². The average molecular weight is 261 g/mol. The second-order valence-electron chi connectivity index (χ2n) is 4.68. The summed E-state index contributed by atoms with van der Waals surface area (Å²) in [6.07, 6.45) is 6.51. The van der Waals surface area contributed by atoms with Gasteiger partial charge in [0.15, 0.2) is 0 Å². The summed E-state index contributed by atoms with van der Waals surface area (Å²) in [5, 5.41) is 0. The number of benzene rings is 1. The van der Waals surface area contributed by atoms with Crippen LogP contribution >= 0.6 is 0 Å². The Morgan fingerprint density at radius 3 is 2.53 bits per heavy atom. The van der Waals surface area contributed by atoms with E-state index in [1.807, 2.05) is 24.3 Å². The zero-order chi connectivity index (χ0) is 13.5. The van der Waals surface area contributed by atoms with Gasteiger partial charge in [0, 0.05) is 6.21 Å². The number of hydrogen-bond donors (Lipinski definition) is 0. The smallest absolute Gasteiger partial charge is 0.433 e. The van der Waals surface area contributed by atoms with Crippen LogP contribution in [-0.2, 0) is 4.74 Å². The zero-order valence-corrected chi connectivity index (χ0v) is 11.2. The monoisotopic (exact) mass is 261 g/mol. The molecule has 0 spiro atoms. The molecule has 1 aromatic rings. The van der Waals surface area contributed by atoms with Gasteiger partial charge in [-0.25, -0.2) is 4.79 Å². The van der Waals surface area contributed by atoms with Crippen LogP contribution in [0.2, 0.25) is 0 Å². The van der Waals surface area contributed by atoms with E-state index in [4.69, 9.17) is 9.47 Å². The molecule has 1 aliphatic carbocycles. The third kappa shape index (κ3) is 4.39. The molecule has 0 radical (unpaired) electrons. The first-order chi connectivity index (χ1) is 9.28. The van der Waals surface area contributed by atoms with E-state index in [1.165, 1.54) is 12.6 Å². The van der Waals surface area contributed by atoms with Gasteiger partial charge in [-0.3, -0.25) is 0 Å². The topological polar surface area (TPSA) is 47.9 Å². The summed E-state index contributed by atoms with van der Waals surface area (Å²) < 4.78 is 10.4. The van der Waals surface area contributed by atoms with Gasteiger partial charge in [-0.2, -0.15) is 4.99 Å². The molecule has 19 heavy (non-hydrogen) atoms. The van der Waals surface area contributed by atoms with Gasteiger partial charge in [0.2, 0.25) is 0 Å². The first-order valence-corrected chi connectivity index (χ1v) is 6.66. The fourth-order valence-corrected chi connectivity index (χ4v) is 2.17. The number of rotatable bonds is 3. The minimum absolute atomic E-state index is 0.0502. The minimum atomic E-state index is -0.497. The number of methoxy groups -OCH3 is 1. The van der Waals surface area contributed by atoms with Gasteiger partial charge in [0.25, 0.3) is 0 Å². The molecule has 102 valence electrons. The highest BCUT2D eigenvalue weighted by Gasteiger charge is 2.16. The van der Waals surface area contributed by atoms with Crippen LogP contribution in [0.3, 0.4) is 0 Å². The van der Waals surface area contributed by atoms with Crippen LogP contribution in [0.1, 0.15) is 37.7 Å². The number of carbonyl (C=O) groups excluding carboxylic acids is 1. The van der Waals surface area contributed by atoms with Crippen molar-refractivity contribution in [2.45, 2.75) is 38.2 Å². The van der Waals surface area contributed by atoms with Crippen LogP contribution in [0.5, 0.6) is 5.75 Å². The molecule has 4 nitrogen and oxygen atoms in total. The van der Waals surface area contributed by atoms with Crippen LogP contribution in [-0.4, -0.2) is 25.5 Å². The van der Waals surface area contributed by atoms with Crippen molar-refractivity contribution in [3.05, 3.63) is 29.8 Å². The Balaban J connectivity index is 1.84. The third-order valence-corrected chi connectivity index (χ3v) is 3.25. The molecule has 4 heteroatoms. The molecule has 0 aliphatic heterocycles. The molecule has 1 amide bonds. The normalized spacial score (nSPS) is 16.5. The lowest BCUT2D eigenvalue weighted by Crippen LogP contribution is -2.19. The van der Waals surface area contributed by atoms with Crippen LogP contribution in [0, 0.1) is 0 Å². The third-order valence-electron chi connectivity index (χ3n) is 3.25. The van der Waals surface area contributed by atoms with E-state index in [9.17, 15) is 4.79 Å². The van der Waals surface area contributed by atoms with E-state index in [2.05, 4.69) is 4.99 Å². The lowest BCUT2D eigenvalue weighted by molar-refractivity contribution is 0.0834. The second-order valence-corrected chi connectivity index (χ2v) is 4.68. The maximum atomic E-state index is 11.6. The SMILES string of the molecule is COc1ccc(/C=N/C(=O)OC2CCCCC2)cc1. The molecule has 1 fully saturated rings. The molecule has 0 N–H and O–H groups in total. The molecular weight excluding hydrogens is 242 g/mol. The molecule has 0 unspecified atom stereocenters. The van der Waals surface area contributed by atoms with E-state index in [-0.39, 0.29) is 6.10 Å². The highest BCUT2D eigenvalue weighted by Crippen LogP contribution is 2.20. The molecular formula is C15H19NO3. The fourth-order valence-electron chi connectivity index (χ4n) is 2.17. The Morgan fingerprint density at radius 2 is 1.89 bits per heavy atom. The van der Waals surface area contributed by atoms with Gasteiger partial charge in [-0.15, -0.1) is 0 Å². The molecule has 2 rings (SSSR count). The summed E-state index contributed by atoms with van der Waals surface area (Å²) in [5.41, 5.74) is 0.849. The Labute approximate surface area is 113 Å². The van der Waals surface area contributed by atoms with Crippen LogP contribution in [0.4, 0.5) is 4.79 Å². The van der Waals surface area contributed by atoms with Crippen molar-refractivity contribution in [2.75, 3.05) is 7.11 Å². The van der Waals surface area contributed by atoms with Gasteiger partial charge in [-0.1, -0.05) is 6.42 Å². The molecule has 1 aliphatic rings. The summed E-state index contributed by atoms with van der Waals surface area (Å²) >= 11 is 0. The summed E-state index contributed by atoms with van der Waals surface area (Å²) in [6.45, 7) is 0. The van der Waals surface area contributed by atoms with Crippen molar-refractivity contribution in [2.24, 2.45) is 4.99 Å². The van der Waals surface area contributed by atoms with E-state index in [0.29, 0.717) is 0 Å². The minimum Gasteiger partial charge on any atom is -0.497 e. The molecule has 0 aromatic heterocycles. The first kappa shape index (κ1) is 13.6. The highest BCUT2D eigenvalue weighted by molar-refractivity contribution is 5.88. The van der Waals surface area contributed by atoms with E-state index >= 15 is 0 Å². The quantitative estimate of drug-likeness (QED) is 0.781. The lowest BCUT2D eigenvalue weighted by atomic mass is 9.98. The van der Waals surface area contributed by atoms with Gasteiger partial charge in [0.05, 0.1) is 7.11 Å². The molecule has 0 bridgehead atoms. The van der Waals surface area contributed by atoms with E-state index in [0.717, 1.165) is 37.0 Å². The fraction of sp³-hybridized carbons (Fsp3) is 0.467. The van der Waals surface area contributed by atoms with Crippen molar-refractivity contribution in [3.63, 3.8) is 0 Å². The Bertz CT molecular complexity index is 433. The molecule has 1 aromatic carbocycles. The number of ether oxygens (including phenoxy) is 2. The van der Waals surface area contributed by atoms with Crippen LogP contribution < -0.4 is 4.74 Å². The maximum absolute atomic E-state index is 11.6. The van der Waals surface area contributed by atoms with Crippen LogP contribution in [0.15, 0.2) is 29.3 Å². The summed E-state index contributed by atoms with van der Waals surface area (Å²) in [6, 6.07) is 7.34. The van der Waals surface area contributed by atoms with Crippen molar-refractivity contribution < 1.29 is 14.3 Å². The number of hydrogen-bond acceptors (Lipinski definition) is 3. The lowest BCUT2D eigenvalue weighted by Gasteiger charge is -2.20. The average Bonchev–Trinajstić information content (AvgIpc) is 2.47. The summed E-state index contributed by atoms with van der Waals surface area (Å²) in [7, 11) is 1.62. The van der Waals surface area contributed by atoms with Crippen LogP contribution in [0.25, 0.3) is 0 Å². The van der Waals surface area contributed by atoms with E-state index in [1.54, 1.807) is 7.11 Å². The number of amides is 1. The number of carbonyl (C=O) groups is 1. The van der Waals surface area contributed by atoms with Gasteiger partial charge >= 0.3 is 6.09 Å². The number of aliphatic imine (C=N–C) groups is 1. The zero-order valence-electron chi connectivity index (χ0n) is 11.2. The maximum Gasteiger partial charge on any atom is 0.433 e. The summed E-state index contributed by atoms with van der Waals surface area (Å²) in [4.78, 5) is 15.4. The Morgan fingerprint density at radius 1 is 1.21 bits per heavy atom. The predicted molar refractivity (Wildman–Crippen MR) is 73.9 cm³/mol. The summed E-state index contributed by atoms with van der Waals surface area (Å²) in [5.74, 6) is 0.780. The van der Waals surface area contributed by atoms with Crippen molar-refractivity contribution in [1.82, 2.24) is 0 Å². The molecule has 0 atom stereocenters. The van der Waals surface area contributed by atoms with E-state index < -0.39 is 6.09 Å². The molecule has 0 saturated heterocycles. The van der Waals surface area contributed by atoms with Crippen molar-refractivity contribution in [3.8, 4) is 5.75 Å².